The van der Waals surface area contributed by atoms with Crippen LogP contribution in [0.25, 0.3) is 0 Å². The average molecular weight is 141 g/mol. The molecule has 0 amide bonds. The first-order valence-electron chi connectivity index (χ1n) is 4.02. The molecule has 1 fully saturated rings. The number of aldehydes is 1. The Kier molecular flexibility index (Phi) is 2.87. The molecule has 1 rings (SSSR count). The van der Waals surface area contributed by atoms with Gasteiger partial charge in [0.25, 0.3) is 0 Å². The van der Waals surface area contributed by atoms with Crippen LogP contribution in [0.3, 0.4) is 0 Å². The van der Waals surface area contributed by atoms with Gasteiger partial charge in [0.15, 0.2) is 0 Å². The SMILES string of the molecule is CCN(CC=O)CC1CC1. The topological polar surface area (TPSA) is 20.3 Å². The maximum Gasteiger partial charge on any atom is 0.133 e. The fourth-order valence-electron chi connectivity index (χ4n) is 1.10. The molecule has 0 atom stereocenters. The van der Waals surface area contributed by atoms with Crippen molar-refractivity contribution in [2.45, 2.75) is 19.8 Å². The van der Waals surface area contributed by atoms with Crippen LogP contribution in [0.2, 0.25) is 0 Å². The molecule has 0 N–H and O–H groups in total. The summed E-state index contributed by atoms with van der Waals surface area (Å²) < 4.78 is 0. The molecule has 0 aromatic heterocycles. The maximum absolute atomic E-state index is 10.1. The Labute approximate surface area is 62.2 Å². The van der Waals surface area contributed by atoms with Crippen molar-refractivity contribution in [1.82, 2.24) is 4.90 Å². The van der Waals surface area contributed by atoms with E-state index in [1.54, 1.807) is 0 Å². The Balaban J connectivity index is 2.11. The van der Waals surface area contributed by atoms with E-state index in [-0.39, 0.29) is 0 Å². The van der Waals surface area contributed by atoms with Crippen LogP contribution in [0.5, 0.6) is 0 Å². The highest BCUT2D eigenvalue weighted by Crippen LogP contribution is 2.29. The Morgan fingerprint density at radius 1 is 1.60 bits per heavy atom. The lowest BCUT2D eigenvalue weighted by Gasteiger charge is -2.15. The zero-order valence-corrected chi connectivity index (χ0v) is 6.55. The van der Waals surface area contributed by atoms with Crippen LogP contribution < -0.4 is 0 Å². The summed E-state index contributed by atoms with van der Waals surface area (Å²) in [6.45, 7) is 4.86. The van der Waals surface area contributed by atoms with Crippen LogP contribution in [-0.4, -0.2) is 30.8 Å². The Bertz CT molecular complexity index is 110. The molecule has 0 aliphatic heterocycles. The van der Waals surface area contributed by atoms with Crippen molar-refractivity contribution < 1.29 is 4.79 Å². The van der Waals surface area contributed by atoms with Gasteiger partial charge < -0.3 is 4.79 Å². The zero-order chi connectivity index (χ0) is 7.40. The molecule has 0 heterocycles. The summed E-state index contributed by atoms with van der Waals surface area (Å²) in [5, 5.41) is 0. The van der Waals surface area contributed by atoms with Gasteiger partial charge in [0.2, 0.25) is 0 Å². The monoisotopic (exact) mass is 141 g/mol. The minimum absolute atomic E-state index is 0.618. The minimum Gasteiger partial charge on any atom is -0.302 e. The lowest BCUT2D eigenvalue weighted by molar-refractivity contribution is -0.108. The predicted molar refractivity (Wildman–Crippen MR) is 40.9 cm³/mol. The summed E-state index contributed by atoms with van der Waals surface area (Å²) in [6.07, 6.45) is 3.73. The molecule has 2 heteroatoms. The van der Waals surface area contributed by atoms with Crippen LogP contribution in [-0.2, 0) is 4.79 Å². The van der Waals surface area contributed by atoms with Gasteiger partial charge in [-0.15, -0.1) is 0 Å². The summed E-state index contributed by atoms with van der Waals surface area (Å²) in [5.41, 5.74) is 0. The summed E-state index contributed by atoms with van der Waals surface area (Å²) in [5.74, 6) is 0.903. The number of carbonyl (C=O) groups is 1. The third-order valence-corrected chi connectivity index (χ3v) is 1.99. The van der Waals surface area contributed by atoms with Crippen molar-refractivity contribution in [3.63, 3.8) is 0 Å². The normalized spacial score (nSPS) is 17.8. The number of hydrogen-bond donors (Lipinski definition) is 0. The van der Waals surface area contributed by atoms with Crippen molar-refractivity contribution in [3.05, 3.63) is 0 Å². The van der Waals surface area contributed by atoms with E-state index in [4.69, 9.17) is 0 Å². The first kappa shape index (κ1) is 7.73. The molecule has 1 saturated carbocycles. The highest BCUT2D eigenvalue weighted by atomic mass is 16.1. The fraction of sp³-hybridized carbons (Fsp3) is 0.875. The molecule has 0 saturated heterocycles. The number of hydrogen-bond acceptors (Lipinski definition) is 2. The average Bonchev–Trinajstić information content (AvgIpc) is 2.71. The van der Waals surface area contributed by atoms with Gasteiger partial charge in [-0.25, -0.2) is 0 Å². The molecule has 0 aromatic rings. The van der Waals surface area contributed by atoms with Gasteiger partial charge in [0.05, 0.1) is 6.54 Å². The van der Waals surface area contributed by atoms with E-state index < -0.39 is 0 Å². The second-order valence-corrected chi connectivity index (χ2v) is 2.96. The highest BCUT2D eigenvalue weighted by Gasteiger charge is 2.23. The molecule has 1 aliphatic rings. The molecule has 2 nitrogen and oxygen atoms in total. The van der Waals surface area contributed by atoms with Crippen LogP contribution in [0.1, 0.15) is 19.8 Å². The lowest BCUT2D eigenvalue weighted by atomic mass is 10.3. The van der Waals surface area contributed by atoms with Gasteiger partial charge in [-0.2, -0.15) is 0 Å². The number of carbonyl (C=O) groups excluding carboxylic acids is 1. The van der Waals surface area contributed by atoms with Gasteiger partial charge in [-0.05, 0) is 25.3 Å². The van der Waals surface area contributed by atoms with Gasteiger partial charge in [0.1, 0.15) is 6.29 Å². The quantitative estimate of drug-likeness (QED) is 0.530. The molecule has 0 bridgehead atoms. The smallest absolute Gasteiger partial charge is 0.133 e. The van der Waals surface area contributed by atoms with Gasteiger partial charge >= 0.3 is 0 Å². The first-order chi connectivity index (χ1) is 4.86. The zero-order valence-electron chi connectivity index (χ0n) is 6.55. The summed E-state index contributed by atoms with van der Waals surface area (Å²) >= 11 is 0. The number of rotatable bonds is 5. The van der Waals surface area contributed by atoms with Crippen molar-refractivity contribution in [3.8, 4) is 0 Å². The van der Waals surface area contributed by atoms with E-state index in [1.807, 2.05) is 0 Å². The minimum atomic E-state index is 0.618. The van der Waals surface area contributed by atoms with Gasteiger partial charge in [0, 0.05) is 6.54 Å². The predicted octanol–water partition coefficient (Wildman–Crippen LogP) is 0.917. The summed E-state index contributed by atoms with van der Waals surface area (Å²) in [7, 11) is 0. The third-order valence-electron chi connectivity index (χ3n) is 1.99. The maximum atomic E-state index is 10.1. The molecule has 58 valence electrons. The molecular weight excluding hydrogens is 126 g/mol. The van der Waals surface area contributed by atoms with E-state index in [1.165, 1.54) is 12.8 Å². The largest absolute Gasteiger partial charge is 0.302 e. The second kappa shape index (κ2) is 3.71. The van der Waals surface area contributed by atoms with Crippen LogP contribution in [0, 0.1) is 5.92 Å². The molecule has 0 spiro atoms. The standard InChI is InChI=1S/C8H15NO/c1-2-9(5-6-10)7-8-3-4-8/h6,8H,2-5,7H2,1H3. The van der Waals surface area contributed by atoms with Crippen molar-refractivity contribution >= 4 is 6.29 Å². The Hall–Kier alpha value is -0.370. The molecular formula is C8H15NO. The van der Waals surface area contributed by atoms with Crippen molar-refractivity contribution in [1.29, 1.82) is 0 Å². The molecule has 0 radical (unpaired) electrons. The first-order valence-corrected chi connectivity index (χ1v) is 4.02. The summed E-state index contributed by atoms with van der Waals surface area (Å²) in [6, 6.07) is 0. The molecule has 0 aromatic carbocycles. The Morgan fingerprint density at radius 3 is 2.70 bits per heavy atom. The van der Waals surface area contributed by atoms with E-state index in [2.05, 4.69) is 11.8 Å². The van der Waals surface area contributed by atoms with Crippen LogP contribution in [0.4, 0.5) is 0 Å². The fourth-order valence-corrected chi connectivity index (χ4v) is 1.10. The molecule has 10 heavy (non-hydrogen) atoms. The third kappa shape index (κ3) is 2.48. The van der Waals surface area contributed by atoms with Crippen LogP contribution >= 0.6 is 0 Å². The molecule has 1 aliphatic carbocycles. The Morgan fingerprint density at radius 2 is 2.30 bits per heavy atom. The molecule has 0 unspecified atom stereocenters. The van der Waals surface area contributed by atoms with E-state index in [0.717, 1.165) is 25.3 Å². The van der Waals surface area contributed by atoms with Gasteiger partial charge in [-0.3, -0.25) is 4.90 Å². The lowest BCUT2D eigenvalue weighted by Crippen LogP contribution is -2.27. The second-order valence-electron chi connectivity index (χ2n) is 2.96. The number of nitrogens with zero attached hydrogens (tertiary/aromatic N) is 1. The number of likely N-dealkylation sites (N-methyl/N-ethyl adjacent to an activating group) is 1. The van der Waals surface area contributed by atoms with Gasteiger partial charge in [-0.1, -0.05) is 6.92 Å². The van der Waals surface area contributed by atoms with Crippen LogP contribution in [0.15, 0.2) is 0 Å². The van der Waals surface area contributed by atoms with Crippen molar-refractivity contribution in [2.24, 2.45) is 5.92 Å². The highest BCUT2D eigenvalue weighted by molar-refractivity contribution is 5.51. The summed E-state index contributed by atoms with van der Waals surface area (Å²) in [4.78, 5) is 12.3. The van der Waals surface area contributed by atoms with Crippen molar-refractivity contribution in [2.75, 3.05) is 19.6 Å². The van der Waals surface area contributed by atoms with E-state index in [9.17, 15) is 4.79 Å². The van der Waals surface area contributed by atoms with E-state index in [0.29, 0.717) is 6.54 Å². The van der Waals surface area contributed by atoms with E-state index >= 15 is 0 Å².